The predicted octanol–water partition coefficient (Wildman–Crippen LogP) is 3.49. The highest BCUT2D eigenvalue weighted by Crippen LogP contribution is 2.33. The lowest BCUT2D eigenvalue weighted by Crippen LogP contribution is -2.39. The smallest absolute Gasteiger partial charge is 0.407 e. The van der Waals surface area contributed by atoms with E-state index in [9.17, 15) is 4.79 Å². The predicted molar refractivity (Wildman–Crippen MR) is 90.0 cm³/mol. The molecule has 0 bridgehead atoms. The summed E-state index contributed by atoms with van der Waals surface area (Å²) in [4.78, 5) is 11.9. The van der Waals surface area contributed by atoms with Crippen LogP contribution in [0.25, 0.3) is 10.9 Å². The third-order valence-corrected chi connectivity index (χ3v) is 3.84. The van der Waals surface area contributed by atoms with Gasteiger partial charge in [0.2, 0.25) is 0 Å². The quantitative estimate of drug-likeness (QED) is 0.943. The van der Waals surface area contributed by atoms with E-state index in [0.717, 1.165) is 18.8 Å². The number of rotatable bonds is 3. The normalized spacial score (nSPS) is 15.1. The molecule has 1 amide bonds. The van der Waals surface area contributed by atoms with E-state index < -0.39 is 5.60 Å². The maximum Gasteiger partial charge on any atom is 0.407 e. The minimum Gasteiger partial charge on any atom is -0.493 e. The van der Waals surface area contributed by atoms with Crippen molar-refractivity contribution in [1.29, 1.82) is 0 Å². The zero-order chi connectivity index (χ0) is 16.6. The molecule has 1 atom stereocenters. The van der Waals surface area contributed by atoms with Crippen LogP contribution in [0.3, 0.4) is 0 Å². The van der Waals surface area contributed by atoms with E-state index in [1.54, 1.807) is 0 Å². The van der Waals surface area contributed by atoms with Gasteiger partial charge in [-0.2, -0.15) is 0 Å². The Morgan fingerprint density at radius 2 is 2.17 bits per heavy atom. The maximum atomic E-state index is 11.9. The minimum absolute atomic E-state index is 0.0290. The number of carbonyl (C=O) groups is 1. The molecular weight excluding hydrogens is 292 g/mol. The Kier molecular flexibility index (Phi) is 3.96. The molecule has 1 aliphatic heterocycles. The number of hydrogen-bond acceptors (Lipinski definition) is 3. The first-order valence-electron chi connectivity index (χ1n) is 8.06. The fraction of sp³-hybridized carbons (Fsp3) is 0.500. The van der Waals surface area contributed by atoms with Gasteiger partial charge in [-0.05, 0) is 45.9 Å². The second kappa shape index (κ2) is 5.80. The summed E-state index contributed by atoms with van der Waals surface area (Å²) in [5, 5.41) is 4.10. The van der Waals surface area contributed by atoms with Crippen molar-refractivity contribution in [2.45, 2.75) is 52.3 Å². The molecule has 23 heavy (non-hydrogen) atoms. The molecule has 1 aromatic carbocycles. The molecule has 5 nitrogen and oxygen atoms in total. The van der Waals surface area contributed by atoms with Crippen molar-refractivity contribution in [1.82, 2.24) is 9.88 Å². The van der Waals surface area contributed by atoms with Crippen LogP contribution in [0.5, 0.6) is 5.75 Å². The number of amides is 1. The number of fused-ring (bicyclic) bond motifs is 3. The topological polar surface area (TPSA) is 52.5 Å². The molecule has 0 saturated carbocycles. The minimum atomic E-state index is -0.484. The van der Waals surface area contributed by atoms with E-state index >= 15 is 0 Å². The molecule has 0 spiro atoms. The monoisotopic (exact) mass is 316 g/mol. The molecule has 0 fully saturated rings. The number of ether oxygens (including phenoxy) is 2. The van der Waals surface area contributed by atoms with Gasteiger partial charge >= 0.3 is 6.09 Å². The molecule has 5 heteroatoms. The summed E-state index contributed by atoms with van der Waals surface area (Å²) < 4.78 is 13.1. The van der Waals surface area contributed by atoms with Crippen molar-refractivity contribution in [3.8, 4) is 5.75 Å². The van der Waals surface area contributed by atoms with Gasteiger partial charge in [0.1, 0.15) is 11.4 Å². The Balaban J connectivity index is 1.74. The number of benzene rings is 1. The molecule has 0 saturated heterocycles. The van der Waals surface area contributed by atoms with Crippen molar-refractivity contribution < 1.29 is 14.3 Å². The number of alkyl carbamates (subject to hydrolysis) is 1. The zero-order valence-electron chi connectivity index (χ0n) is 14.2. The summed E-state index contributed by atoms with van der Waals surface area (Å²) in [6.45, 7) is 9.00. The second-order valence-electron chi connectivity index (χ2n) is 7.09. The van der Waals surface area contributed by atoms with Gasteiger partial charge in [-0.15, -0.1) is 0 Å². The molecule has 1 N–H and O–H groups in total. The summed E-state index contributed by atoms with van der Waals surface area (Å²) in [7, 11) is 0. The van der Waals surface area contributed by atoms with Gasteiger partial charge in [0, 0.05) is 36.2 Å². The molecule has 2 heterocycles. The van der Waals surface area contributed by atoms with E-state index in [2.05, 4.69) is 28.2 Å². The van der Waals surface area contributed by atoms with E-state index in [-0.39, 0.29) is 12.1 Å². The number of nitrogens with one attached hydrogen (secondary N) is 1. The van der Waals surface area contributed by atoms with Crippen LogP contribution >= 0.6 is 0 Å². The zero-order valence-corrected chi connectivity index (χ0v) is 14.2. The number of hydrogen-bond donors (Lipinski definition) is 1. The van der Waals surface area contributed by atoms with Crippen molar-refractivity contribution >= 4 is 17.0 Å². The van der Waals surface area contributed by atoms with Gasteiger partial charge in [-0.1, -0.05) is 0 Å². The molecule has 0 radical (unpaired) electrons. The van der Waals surface area contributed by atoms with E-state index in [1.165, 1.54) is 16.5 Å². The van der Waals surface area contributed by atoms with Gasteiger partial charge < -0.3 is 19.4 Å². The van der Waals surface area contributed by atoms with Gasteiger partial charge in [-0.3, -0.25) is 0 Å². The summed E-state index contributed by atoms with van der Waals surface area (Å²) in [6, 6.07) is 6.20. The third kappa shape index (κ3) is 3.44. The summed E-state index contributed by atoms with van der Waals surface area (Å²) in [6.07, 6.45) is 2.62. The molecule has 0 unspecified atom stereocenters. The first kappa shape index (κ1) is 15.7. The Morgan fingerprint density at radius 3 is 2.91 bits per heavy atom. The molecule has 3 rings (SSSR count). The van der Waals surface area contributed by atoms with Crippen molar-refractivity contribution in [3.05, 3.63) is 30.0 Å². The molecule has 2 aromatic rings. The van der Waals surface area contributed by atoms with Crippen LogP contribution in [0.2, 0.25) is 0 Å². The highest BCUT2D eigenvalue weighted by atomic mass is 16.6. The van der Waals surface area contributed by atoms with Crippen LogP contribution in [-0.4, -0.2) is 28.9 Å². The Bertz CT molecular complexity index is 728. The van der Waals surface area contributed by atoms with Crippen LogP contribution < -0.4 is 10.1 Å². The number of aromatic nitrogens is 1. The van der Waals surface area contributed by atoms with Crippen LogP contribution in [0, 0.1) is 0 Å². The van der Waals surface area contributed by atoms with Gasteiger partial charge in [0.05, 0.1) is 12.1 Å². The molecule has 1 aliphatic rings. The summed E-state index contributed by atoms with van der Waals surface area (Å²) in [5.74, 6) is 0.977. The lowest BCUT2D eigenvalue weighted by atomic mass is 10.1. The van der Waals surface area contributed by atoms with Crippen LogP contribution in [0.4, 0.5) is 4.79 Å². The Labute approximate surface area is 136 Å². The molecule has 0 aliphatic carbocycles. The van der Waals surface area contributed by atoms with Crippen LogP contribution in [0.1, 0.15) is 33.3 Å². The molecule has 124 valence electrons. The SMILES string of the molecule is C[C@@H](Cn1ccc2ccc3c(c21)CCO3)NC(=O)OC(C)(C)C. The van der Waals surface area contributed by atoms with E-state index in [0.29, 0.717) is 6.54 Å². The number of carbonyl (C=O) groups excluding carboxylic acids is 1. The van der Waals surface area contributed by atoms with Crippen molar-refractivity contribution in [3.63, 3.8) is 0 Å². The lowest BCUT2D eigenvalue weighted by molar-refractivity contribution is 0.0504. The Hall–Kier alpha value is -2.17. The molecule has 1 aromatic heterocycles. The summed E-state index contributed by atoms with van der Waals surface area (Å²) >= 11 is 0. The Morgan fingerprint density at radius 1 is 1.39 bits per heavy atom. The standard InChI is InChI=1S/C18H24N2O3/c1-12(19-17(21)23-18(2,3)4)11-20-9-7-13-5-6-15-14(16(13)20)8-10-22-15/h5-7,9,12H,8,10-11H2,1-4H3,(H,19,21)/t12-/m0/s1. The van der Waals surface area contributed by atoms with E-state index in [4.69, 9.17) is 9.47 Å². The van der Waals surface area contributed by atoms with Crippen LogP contribution in [0.15, 0.2) is 24.4 Å². The van der Waals surface area contributed by atoms with Gasteiger partial charge in [-0.25, -0.2) is 4.79 Å². The maximum absolute atomic E-state index is 11.9. The highest BCUT2D eigenvalue weighted by molar-refractivity contribution is 5.86. The van der Waals surface area contributed by atoms with Crippen LogP contribution in [-0.2, 0) is 17.7 Å². The second-order valence-corrected chi connectivity index (χ2v) is 7.09. The lowest BCUT2D eigenvalue weighted by Gasteiger charge is -2.22. The van der Waals surface area contributed by atoms with Crippen molar-refractivity contribution in [2.24, 2.45) is 0 Å². The van der Waals surface area contributed by atoms with Gasteiger partial charge in [0.15, 0.2) is 0 Å². The van der Waals surface area contributed by atoms with Crippen molar-refractivity contribution in [2.75, 3.05) is 6.61 Å². The fourth-order valence-corrected chi connectivity index (χ4v) is 3.00. The average molecular weight is 316 g/mol. The first-order valence-corrected chi connectivity index (χ1v) is 8.06. The first-order chi connectivity index (χ1) is 10.8. The molecular formula is C18H24N2O3. The third-order valence-electron chi connectivity index (χ3n) is 3.84. The largest absolute Gasteiger partial charge is 0.493 e. The average Bonchev–Trinajstić information content (AvgIpc) is 3.01. The van der Waals surface area contributed by atoms with Gasteiger partial charge in [0.25, 0.3) is 0 Å². The van der Waals surface area contributed by atoms with E-state index in [1.807, 2.05) is 33.8 Å². The summed E-state index contributed by atoms with van der Waals surface area (Å²) in [5.41, 5.74) is 1.98. The number of nitrogens with zero attached hydrogens (tertiary/aromatic N) is 1. The highest BCUT2D eigenvalue weighted by Gasteiger charge is 2.20. The fourth-order valence-electron chi connectivity index (χ4n) is 3.00.